The molecule has 0 aromatic heterocycles. The van der Waals surface area contributed by atoms with Crippen molar-refractivity contribution >= 4 is 16.7 Å². The monoisotopic (exact) mass is 263 g/mol. The second-order valence-corrected chi connectivity index (χ2v) is 5.67. The summed E-state index contributed by atoms with van der Waals surface area (Å²) in [5.74, 6) is 0.197. The van der Waals surface area contributed by atoms with Gasteiger partial charge in [-0.3, -0.25) is 4.79 Å². The molecule has 2 aliphatic rings. The number of nitrogens with zero attached hydrogens (tertiary/aromatic N) is 1. The summed E-state index contributed by atoms with van der Waals surface area (Å²) in [5.41, 5.74) is 2.09. The molecule has 0 saturated heterocycles. The largest absolute Gasteiger partial charge is 0.328 e. The molecule has 100 valence electrons. The van der Waals surface area contributed by atoms with Gasteiger partial charge in [0.2, 0.25) is 0 Å². The molecule has 1 aliphatic carbocycles. The van der Waals surface area contributed by atoms with E-state index in [2.05, 4.69) is 36.4 Å². The van der Waals surface area contributed by atoms with Crippen LogP contribution in [0.5, 0.6) is 0 Å². The first kappa shape index (κ1) is 11.7. The van der Waals surface area contributed by atoms with E-state index in [1.165, 1.54) is 22.8 Å². The van der Waals surface area contributed by atoms with E-state index in [1.54, 1.807) is 0 Å². The number of hydrogen-bond acceptors (Lipinski definition) is 1. The van der Waals surface area contributed by atoms with Gasteiger partial charge in [0.15, 0.2) is 0 Å². The second-order valence-electron chi connectivity index (χ2n) is 5.67. The SMILES string of the molecule is O=C1c2ccc3ccccc3c2CN1C1C=CCCC1. The van der Waals surface area contributed by atoms with Gasteiger partial charge in [-0.2, -0.15) is 0 Å². The molecule has 1 atom stereocenters. The molecule has 4 rings (SSSR count). The van der Waals surface area contributed by atoms with Gasteiger partial charge in [0.25, 0.3) is 5.91 Å². The molecule has 20 heavy (non-hydrogen) atoms. The fourth-order valence-corrected chi connectivity index (χ4v) is 3.43. The third-order valence-corrected chi connectivity index (χ3v) is 4.49. The van der Waals surface area contributed by atoms with Gasteiger partial charge < -0.3 is 4.90 Å². The van der Waals surface area contributed by atoms with Gasteiger partial charge in [0.1, 0.15) is 0 Å². The van der Waals surface area contributed by atoms with Gasteiger partial charge in [-0.05, 0) is 41.7 Å². The number of carbonyl (C=O) groups excluding carboxylic acids is 1. The number of benzene rings is 2. The van der Waals surface area contributed by atoms with E-state index in [0.717, 1.165) is 24.9 Å². The topological polar surface area (TPSA) is 20.3 Å². The Bertz CT molecular complexity index is 716. The second kappa shape index (κ2) is 4.48. The van der Waals surface area contributed by atoms with Crippen LogP contribution >= 0.6 is 0 Å². The van der Waals surface area contributed by atoms with Crippen LogP contribution in [0.15, 0.2) is 48.6 Å². The zero-order valence-corrected chi connectivity index (χ0v) is 11.4. The Morgan fingerprint density at radius 3 is 2.85 bits per heavy atom. The highest BCUT2D eigenvalue weighted by Gasteiger charge is 2.32. The summed E-state index contributed by atoms with van der Waals surface area (Å²) in [6, 6.07) is 12.7. The molecule has 1 amide bonds. The van der Waals surface area contributed by atoms with Gasteiger partial charge in [0.05, 0.1) is 6.04 Å². The first-order valence-electron chi connectivity index (χ1n) is 7.33. The Kier molecular flexibility index (Phi) is 2.62. The normalized spacial score (nSPS) is 21.5. The Labute approximate surface area is 118 Å². The lowest BCUT2D eigenvalue weighted by molar-refractivity contribution is 0.0727. The number of fused-ring (bicyclic) bond motifs is 3. The molecule has 1 unspecified atom stereocenters. The molecule has 2 aromatic carbocycles. The van der Waals surface area contributed by atoms with Crippen LogP contribution in [-0.4, -0.2) is 16.8 Å². The molecule has 2 heteroatoms. The third-order valence-electron chi connectivity index (χ3n) is 4.49. The van der Waals surface area contributed by atoms with Crippen LogP contribution in [0, 0.1) is 0 Å². The minimum atomic E-state index is 0.197. The summed E-state index contributed by atoms with van der Waals surface area (Å²) in [6.45, 7) is 0.754. The smallest absolute Gasteiger partial charge is 0.255 e. The maximum atomic E-state index is 12.6. The molecule has 1 aliphatic heterocycles. The fraction of sp³-hybridized carbons (Fsp3) is 0.278. The molecule has 0 spiro atoms. The molecule has 1 heterocycles. The molecular formula is C18H17NO. The van der Waals surface area contributed by atoms with Gasteiger partial charge in [-0.1, -0.05) is 42.5 Å². The molecule has 0 radical (unpaired) electrons. The van der Waals surface area contributed by atoms with Crippen LogP contribution in [0.25, 0.3) is 10.8 Å². The quantitative estimate of drug-likeness (QED) is 0.714. The third kappa shape index (κ3) is 1.68. The minimum absolute atomic E-state index is 0.197. The molecule has 0 bridgehead atoms. The van der Waals surface area contributed by atoms with Crippen molar-refractivity contribution in [2.45, 2.75) is 31.8 Å². The van der Waals surface area contributed by atoms with Crippen molar-refractivity contribution in [1.82, 2.24) is 4.90 Å². The van der Waals surface area contributed by atoms with Crippen molar-refractivity contribution in [3.63, 3.8) is 0 Å². The van der Waals surface area contributed by atoms with Crippen LogP contribution in [0.3, 0.4) is 0 Å². The predicted octanol–water partition coefficient (Wildman–Crippen LogP) is 3.90. The lowest BCUT2D eigenvalue weighted by Gasteiger charge is -2.27. The van der Waals surface area contributed by atoms with Crippen LogP contribution in [0.2, 0.25) is 0 Å². The average Bonchev–Trinajstić information content (AvgIpc) is 2.86. The summed E-state index contributed by atoms with van der Waals surface area (Å²) in [7, 11) is 0. The Morgan fingerprint density at radius 2 is 2.00 bits per heavy atom. The van der Waals surface area contributed by atoms with E-state index < -0.39 is 0 Å². The summed E-state index contributed by atoms with van der Waals surface area (Å²) in [5, 5.41) is 2.45. The van der Waals surface area contributed by atoms with Gasteiger partial charge in [0, 0.05) is 12.1 Å². The molecule has 2 aromatic rings. The Hall–Kier alpha value is -2.09. The number of amides is 1. The zero-order chi connectivity index (χ0) is 13.5. The minimum Gasteiger partial charge on any atom is -0.328 e. The van der Waals surface area contributed by atoms with E-state index in [9.17, 15) is 4.79 Å². The highest BCUT2D eigenvalue weighted by molar-refractivity contribution is 6.04. The van der Waals surface area contributed by atoms with Crippen molar-refractivity contribution in [3.05, 3.63) is 59.7 Å². The van der Waals surface area contributed by atoms with Gasteiger partial charge in [-0.25, -0.2) is 0 Å². The van der Waals surface area contributed by atoms with E-state index >= 15 is 0 Å². The molecule has 0 saturated carbocycles. The van der Waals surface area contributed by atoms with Crippen molar-refractivity contribution in [1.29, 1.82) is 0 Å². The predicted molar refractivity (Wildman–Crippen MR) is 80.6 cm³/mol. The van der Waals surface area contributed by atoms with E-state index in [-0.39, 0.29) is 11.9 Å². The van der Waals surface area contributed by atoms with E-state index in [1.807, 2.05) is 17.0 Å². The summed E-state index contributed by atoms with van der Waals surface area (Å²) >= 11 is 0. The summed E-state index contributed by atoms with van der Waals surface area (Å²) in [6.07, 6.45) is 7.84. The standard InChI is InChI=1S/C18H17NO/c20-18-16-11-10-13-6-4-5-9-15(13)17(16)12-19(18)14-7-2-1-3-8-14/h2,4-7,9-11,14H,1,3,8,12H2. The van der Waals surface area contributed by atoms with E-state index in [0.29, 0.717) is 0 Å². The van der Waals surface area contributed by atoms with Crippen molar-refractivity contribution in [2.75, 3.05) is 0 Å². The Balaban J connectivity index is 1.79. The van der Waals surface area contributed by atoms with Crippen LogP contribution in [0.4, 0.5) is 0 Å². The van der Waals surface area contributed by atoms with Gasteiger partial charge in [-0.15, -0.1) is 0 Å². The lowest BCUT2D eigenvalue weighted by atomic mass is 10.0. The fourth-order valence-electron chi connectivity index (χ4n) is 3.43. The molecule has 0 fully saturated rings. The summed E-state index contributed by atoms with van der Waals surface area (Å²) in [4.78, 5) is 14.7. The highest BCUT2D eigenvalue weighted by Crippen LogP contribution is 2.33. The van der Waals surface area contributed by atoms with Crippen LogP contribution in [0.1, 0.15) is 35.2 Å². The first-order chi connectivity index (χ1) is 9.84. The molecule has 2 nitrogen and oxygen atoms in total. The van der Waals surface area contributed by atoms with Crippen LogP contribution in [-0.2, 0) is 6.54 Å². The zero-order valence-electron chi connectivity index (χ0n) is 11.4. The molecule has 0 N–H and O–H groups in total. The highest BCUT2D eigenvalue weighted by atomic mass is 16.2. The lowest BCUT2D eigenvalue weighted by Crippen LogP contribution is -2.34. The number of hydrogen-bond donors (Lipinski definition) is 0. The van der Waals surface area contributed by atoms with Gasteiger partial charge >= 0.3 is 0 Å². The van der Waals surface area contributed by atoms with Crippen LogP contribution < -0.4 is 0 Å². The first-order valence-corrected chi connectivity index (χ1v) is 7.33. The van der Waals surface area contributed by atoms with Crippen molar-refractivity contribution in [2.24, 2.45) is 0 Å². The van der Waals surface area contributed by atoms with Crippen molar-refractivity contribution < 1.29 is 4.79 Å². The summed E-state index contributed by atoms with van der Waals surface area (Å²) < 4.78 is 0. The van der Waals surface area contributed by atoms with E-state index in [4.69, 9.17) is 0 Å². The average molecular weight is 263 g/mol. The number of allylic oxidation sites excluding steroid dienone is 1. The molecular weight excluding hydrogens is 246 g/mol. The maximum absolute atomic E-state index is 12.6. The number of carbonyl (C=O) groups is 1. The van der Waals surface area contributed by atoms with Crippen molar-refractivity contribution in [3.8, 4) is 0 Å². The number of rotatable bonds is 1. The maximum Gasteiger partial charge on any atom is 0.255 e. The Morgan fingerprint density at radius 1 is 1.10 bits per heavy atom.